The summed E-state index contributed by atoms with van der Waals surface area (Å²) < 4.78 is 54.1. The van der Waals surface area contributed by atoms with Gasteiger partial charge < -0.3 is 34.3 Å². The Labute approximate surface area is 374 Å². The van der Waals surface area contributed by atoms with Crippen LogP contribution < -0.4 is 0 Å². The Morgan fingerprint density at radius 1 is 0.581 bits per heavy atom. The molecule has 1 fully saturated rings. The van der Waals surface area contributed by atoms with E-state index in [-0.39, 0.29) is 19.4 Å². The van der Waals surface area contributed by atoms with Crippen LogP contribution in [-0.4, -0.2) is 96.0 Å². The van der Waals surface area contributed by atoms with Crippen molar-refractivity contribution < 1.29 is 56.8 Å². The molecule has 1 saturated heterocycles. The number of carbonyl (C=O) groups is 2. The summed E-state index contributed by atoms with van der Waals surface area (Å²) in [5.74, 6) is -2.03. The number of unbranched alkanes of at least 4 members (excludes halogenated alkanes) is 17. The summed E-state index contributed by atoms with van der Waals surface area (Å²) in [5, 5.41) is 30.9. The van der Waals surface area contributed by atoms with Crippen LogP contribution in [0.5, 0.6) is 0 Å². The number of allylic oxidation sites excluding steroid dienone is 12. The Kier molecular flexibility index (Phi) is 35.5. The molecule has 0 aromatic rings. The molecule has 0 aromatic carbocycles. The van der Waals surface area contributed by atoms with Crippen molar-refractivity contribution in [2.24, 2.45) is 0 Å². The Morgan fingerprint density at radius 2 is 1.08 bits per heavy atom. The van der Waals surface area contributed by atoms with E-state index in [1.54, 1.807) is 0 Å². The first kappa shape index (κ1) is 57.1. The van der Waals surface area contributed by atoms with Crippen molar-refractivity contribution in [1.29, 1.82) is 0 Å². The van der Waals surface area contributed by atoms with Gasteiger partial charge in [0.05, 0.1) is 6.61 Å². The van der Waals surface area contributed by atoms with Gasteiger partial charge in [-0.2, -0.15) is 8.42 Å². The molecular formula is C49H82O12S. The van der Waals surface area contributed by atoms with Crippen molar-refractivity contribution in [3.8, 4) is 0 Å². The highest BCUT2D eigenvalue weighted by Gasteiger charge is 2.46. The molecule has 0 aliphatic carbocycles. The molecule has 0 bridgehead atoms. The van der Waals surface area contributed by atoms with Crippen molar-refractivity contribution in [2.45, 2.75) is 205 Å². The van der Waals surface area contributed by atoms with Crippen molar-refractivity contribution in [2.75, 3.05) is 19.0 Å². The second kappa shape index (κ2) is 38.5. The fourth-order valence-electron chi connectivity index (χ4n) is 6.72. The van der Waals surface area contributed by atoms with Gasteiger partial charge in [0.1, 0.15) is 36.8 Å². The van der Waals surface area contributed by atoms with Crippen LogP contribution in [0.3, 0.4) is 0 Å². The third-order valence-electron chi connectivity index (χ3n) is 10.4. The van der Waals surface area contributed by atoms with Gasteiger partial charge in [-0.25, -0.2) is 0 Å². The molecule has 356 valence electrons. The number of esters is 2. The summed E-state index contributed by atoms with van der Waals surface area (Å²) >= 11 is 0. The lowest BCUT2D eigenvalue weighted by Gasteiger charge is -2.40. The Balaban J connectivity index is 2.43. The van der Waals surface area contributed by atoms with E-state index in [0.717, 1.165) is 70.6 Å². The standard InChI is InChI=1S/C49H82O12S/c1-3-5-7-9-11-13-15-17-19-20-21-22-24-25-27-29-31-33-35-37-44(50)58-39-42(40-59-49-48(54)47(53)46(52)43(61-49)41-62(55,56)57)60-45(51)38-36-34-32-30-28-26-23-18-16-14-12-10-8-6-4-2/h6,8,10-14,16-19,23,42-43,46-49,52-54H,3-5,7,9,15,20-22,24-41H2,1-2H3,(H,55,56,57)/b8-6+,12-10+,13-11+,16-14+,19-17+,23-18+/t42-,43-,46-,47?,48?,49+/m1/s1. The molecular weight excluding hydrogens is 813 g/mol. The maximum atomic E-state index is 12.8. The molecule has 1 aliphatic rings. The van der Waals surface area contributed by atoms with Gasteiger partial charge in [0.2, 0.25) is 0 Å². The highest BCUT2D eigenvalue weighted by molar-refractivity contribution is 7.85. The van der Waals surface area contributed by atoms with Gasteiger partial charge in [-0.05, 0) is 64.2 Å². The average molecular weight is 895 g/mol. The van der Waals surface area contributed by atoms with E-state index in [2.05, 4.69) is 50.3 Å². The second-order valence-corrected chi connectivity index (χ2v) is 17.6. The lowest BCUT2D eigenvalue weighted by Crippen LogP contribution is -2.60. The molecule has 0 saturated carbocycles. The smallest absolute Gasteiger partial charge is 0.306 e. The van der Waals surface area contributed by atoms with Crippen LogP contribution in [-0.2, 0) is 38.7 Å². The predicted octanol–water partition coefficient (Wildman–Crippen LogP) is 9.89. The molecule has 0 amide bonds. The molecule has 13 heteroatoms. The summed E-state index contributed by atoms with van der Waals surface area (Å²) in [6.45, 7) is 3.57. The Bertz CT molecular complexity index is 1420. The molecule has 4 N–H and O–H groups in total. The van der Waals surface area contributed by atoms with Crippen molar-refractivity contribution >= 4 is 22.1 Å². The van der Waals surface area contributed by atoms with Gasteiger partial charge >= 0.3 is 11.9 Å². The normalized spacial score (nSPS) is 20.5. The first-order chi connectivity index (χ1) is 30.0. The topological polar surface area (TPSA) is 186 Å². The van der Waals surface area contributed by atoms with Crippen LogP contribution in [0.15, 0.2) is 72.9 Å². The lowest BCUT2D eigenvalue weighted by molar-refractivity contribution is -0.297. The fourth-order valence-corrected chi connectivity index (χ4v) is 7.41. The largest absolute Gasteiger partial charge is 0.462 e. The number of ether oxygens (including phenoxy) is 4. The minimum Gasteiger partial charge on any atom is -0.462 e. The Morgan fingerprint density at radius 3 is 1.65 bits per heavy atom. The van der Waals surface area contributed by atoms with Crippen LogP contribution in [0.1, 0.15) is 168 Å². The van der Waals surface area contributed by atoms with E-state index >= 15 is 0 Å². The Hall–Kier alpha value is -2.91. The summed E-state index contributed by atoms with van der Waals surface area (Å²) in [6, 6.07) is 0. The molecule has 1 rings (SSSR count). The van der Waals surface area contributed by atoms with Gasteiger partial charge in [0.25, 0.3) is 10.1 Å². The molecule has 2 unspecified atom stereocenters. The summed E-state index contributed by atoms with van der Waals surface area (Å²) in [6.07, 6.45) is 39.4. The third-order valence-corrected chi connectivity index (χ3v) is 11.1. The number of hydrogen-bond acceptors (Lipinski definition) is 11. The monoisotopic (exact) mass is 895 g/mol. The van der Waals surface area contributed by atoms with E-state index in [0.29, 0.717) is 12.8 Å². The molecule has 1 aliphatic heterocycles. The minimum atomic E-state index is -4.61. The quantitative estimate of drug-likeness (QED) is 0.0151. The van der Waals surface area contributed by atoms with E-state index in [9.17, 15) is 37.9 Å². The van der Waals surface area contributed by atoms with Crippen LogP contribution in [0.25, 0.3) is 0 Å². The van der Waals surface area contributed by atoms with Crippen LogP contribution in [0, 0.1) is 0 Å². The highest BCUT2D eigenvalue weighted by Crippen LogP contribution is 2.24. The molecule has 1 heterocycles. The van der Waals surface area contributed by atoms with Crippen molar-refractivity contribution in [3.63, 3.8) is 0 Å². The number of aliphatic hydroxyl groups excluding tert-OH is 3. The van der Waals surface area contributed by atoms with Gasteiger partial charge in [0.15, 0.2) is 12.4 Å². The highest BCUT2D eigenvalue weighted by atomic mass is 32.2. The first-order valence-corrected chi connectivity index (χ1v) is 25.2. The fraction of sp³-hybridized carbons (Fsp3) is 0.714. The van der Waals surface area contributed by atoms with E-state index in [4.69, 9.17) is 18.9 Å². The SMILES string of the molecule is CC/C=C/C=C/C=C/C=C/CCCCCCCC(=O)O[C@H](COC(=O)CCCCCCCCCCC/C=C/C/C=C/CCCCC)CO[C@H]1O[C@H](CS(=O)(=O)O)[C@@H](O)C(O)C1O. The summed E-state index contributed by atoms with van der Waals surface area (Å²) in [5.41, 5.74) is 0. The number of carbonyl (C=O) groups excluding carboxylic acids is 2. The molecule has 6 atom stereocenters. The van der Waals surface area contributed by atoms with Crippen LogP contribution >= 0.6 is 0 Å². The average Bonchev–Trinajstić information content (AvgIpc) is 3.24. The maximum Gasteiger partial charge on any atom is 0.306 e. The van der Waals surface area contributed by atoms with Gasteiger partial charge in [-0.3, -0.25) is 14.1 Å². The molecule has 12 nitrogen and oxygen atoms in total. The summed E-state index contributed by atoms with van der Waals surface area (Å²) in [7, 11) is -4.61. The first-order valence-electron chi connectivity index (χ1n) is 23.5. The van der Waals surface area contributed by atoms with E-state index in [1.807, 2.05) is 36.5 Å². The minimum absolute atomic E-state index is 0.134. The van der Waals surface area contributed by atoms with Gasteiger partial charge in [-0.15, -0.1) is 0 Å². The maximum absolute atomic E-state index is 12.8. The summed E-state index contributed by atoms with van der Waals surface area (Å²) in [4.78, 5) is 25.4. The third kappa shape index (κ3) is 32.7. The van der Waals surface area contributed by atoms with Crippen LogP contribution in [0.2, 0.25) is 0 Å². The number of hydrogen-bond donors (Lipinski definition) is 4. The van der Waals surface area contributed by atoms with Crippen molar-refractivity contribution in [1.82, 2.24) is 0 Å². The van der Waals surface area contributed by atoms with Gasteiger partial charge in [-0.1, -0.05) is 164 Å². The lowest BCUT2D eigenvalue weighted by atomic mass is 10.00. The second-order valence-electron chi connectivity index (χ2n) is 16.1. The zero-order chi connectivity index (χ0) is 45.5. The van der Waals surface area contributed by atoms with Crippen molar-refractivity contribution in [3.05, 3.63) is 72.9 Å². The predicted molar refractivity (Wildman–Crippen MR) is 247 cm³/mol. The molecule has 0 aromatic heterocycles. The van der Waals surface area contributed by atoms with Crippen LogP contribution in [0.4, 0.5) is 0 Å². The van der Waals surface area contributed by atoms with Gasteiger partial charge in [0, 0.05) is 12.8 Å². The number of rotatable bonds is 38. The molecule has 62 heavy (non-hydrogen) atoms. The van der Waals surface area contributed by atoms with E-state index in [1.165, 1.54) is 57.8 Å². The van der Waals surface area contributed by atoms with E-state index < -0.39 is 71.2 Å². The number of aliphatic hydroxyl groups is 3. The molecule has 0 radical (unpaired) electrons. The molecule has 0 spiro atoms. The zero-order valence-electron chi connectivity index (χ0n) is 37.9. The zero-order valence-corrected chi connectivity index (χ0v) is 38.8.